The lowest BCUT2D eigenvalue weighted by molar-refractivity contribution is -0.139. The lowest BCUT2D eigenvalue weighted by atomic mass is 10.0. The molecule has 0 aromatic heterocycles. The standard InChI is InChI=1S/C23H35NO4S/c1-14-8-9-16-15(12-14)10-11-24(21(16)29)20-18(25)19(28-23(5,6)7)17(27-20)13-26-22(2,3)4/h8-12,17-21,25,29H,13H2,1-7H3/t17-,18?,19?,20-,21?/m1/s1. The van der Waals surface area contributed by atoms with Crippen molar-refractivity contribution in [2.75, 3.05) is 6.61 Å². The van der Waals surface area contributed by atoms with Crippen molar-refractivity contribution >= 4 is 18.7 Å². The van der Waals surface area contributed by atoms with Crippen LogP contribution in [0.2, 0.25) is 0 Å². The van der Waals surface area contributed by atoms with Gasteiger partial charge in [0.25, 0.3) is 0 Å². The Bertz CT molecular complexity index is 752. The smallest absolute Gasteiger partial charge is 0.160 e. The SMILES string of the molecule is Cc1ccc2c(c1)C=CN([C@@H]1O[C@H](COC(C)(C)C)C(OC(C)(C)C)C1O)C2S. The molecule has 162 valence electrons. The highest BCUT2D eigenvalue weighted by Crippen LogP contribution is 2.40. The molecule has 5 nitrogen and oxygen atoms in total. The number of aryl methyl sites for hydroxylation is 1. The van der Waals surface area contributed by atoms with Gasteiger partial charge in [0.15, 0.2) is 6.23 Å². The Kier molecular flexibility index (Phi) is 6.42. The molecule has 2 aliphatic rings. The normalized spacial score (nSPS) is 30.0. The molecule has 1 saturated heterocycles. The van der Waals surface area contributed by atoms with Crippen LogP contribution >= 0.6 is 12.6 Å². The lowest BCUT2D eigenvalue weighted by Crippen LogP contribution is -2.46. The summed E-state index contributed by atoms with van der Waals surface area (Å²) in [5.41, 5.74) is 2.74. The fraction of sp³-hybridized carbons (Fsp3) is 0.652. The van der Waals surface area contributed by atoms with Crippen LogP contribution in [0.25, 0.3) is 6.08 Å². The summed E-state index contributed by atoms with van der Waals surface area (Å²) in [4.78, 5) is 1.96. The second-order valence-electron chi connectivity index (χ2n) is 9.94. The Morgan fingerprint density at radius 1 is 1.14 bits per heavy atom. The average molecular weight is 422 g/mol. The largest absolute Gasteiger partial charge is 0.386 e. The van der Waals surface area contributed by atoms with Gasteiger partial charge < -0.3 is 24.2 Å². The fourth-order valence-electron chi connectivity index (χ4n) is 3.69. The lowest BCUT2D eigenvalue weighted by Gasteiger charge is -2.37. The van der Waals surface area contributed by atoms with Gasteiger partial charge in [0, 0.05) is 6.20 Å². The van der Waals surface area contributed by atoms with Gasteiger partial charge in [-0.25, -0.2) is 0 Å². The Morgan fingerprint density at radius 2 is 1.83 bits per heavy atom. The third-order valence-electron chi connectivity index (χ3n) is 5.00. The predicted octanol–water partition coefficient (Wildman–Crippen LogP) is 4.29. The van der Waals surface area contributed by atoms with E-state index in [1.165, 1.54) is 5.56 Å². The zero-order valence-electron chi connectivity index (χ0n) is 18.5. The van der Waals surface area contributed by atoms with E-state index in [9.17, 15) is 5.11 Å². The first kappa shape index (κ1) is 22.6. The van der Waals surface area contributed by atoms with E-state index in [1.54, 1.807) is 0 Å². The van der Waals surface area contributed by atoms with Crippen LogP contribution in [0.15, 0.2) is 24.4 Å². The van der Waals surface area contributed by atoms with Crippen molar-refractivity contribution in [1.82, 2.24) is 4.90 Å². The van der Waals surface area contributed by atoms with E-state index in [-0.39, 0.29) is 17.1 Å². The van der Waals surface area contributed by atoms with Crippen LogP contribution in [0.5, 0.6) is 0 Å². The summed E-state index contributed by atoms with van der Waals surface area (Å²) >= 11 is 4.84. The van der Waals surface area contributed by atoms with Gasteiger partial charge in [-0.1, -0.05) is 23.8 Å². The summed E-state index contributed by atoms with van der Waals surface area (Å²) < 4.78 is 18.5. The van der Waals surface area contributed by atoms with Gasteiger partial charge in [-0.05, 0) is 65.7 Å². The number of rotatable bonds is 4. The van der Waals surface area contributed by atoms with Gasteiger partial charge in [0.1, 0.15) is 23.7 Å². The maximum atomic E-state index is 11.2. The van der Waals surface area contributed by atoms with Gasteiger partial charge in [-0.15, -0.1) is 12.6 Å². The molecule has 3 rings (SSSR count). The molecule has 0 spiro atoms. The van der Waals surface area contributed by atoms with Crippen LogP contribution in [0.1, 0.15) is 63.6 Å². The number of nitrogens with zero attached hydrogens (tertiary/aromatic N) is 1. The summed E-state index contributed by atoms with van der Waals surface area (Å²) in [6.07, 6.45) is 1.74. The summed E-state index contributed by atoms with van der Waals surface area (Å²) in [5.74, 6) is 0. The minimum absolute atomic E-state index is 0.215. The maximum Gasteiger partial charge on any atom is 0.160 e. The van der Waals surface area contributed by atoms with E-state index in [0.717, 1.165) is 11.1 Å². The summed E-state index contributed by atoms with van der Waals surface area (Å²) in [6.45, 7) is 14.4. The van der Waals surface area contributed by atoms with Gasteiger partial charge in [-0.3, -0.25) is 0 Å². The number of aliphatic hydroxyl groups excluding tert-OH is 1. The van der Waals surface area contributed by atoms with Crippen LogP contribution in [-0.4, -0.2) is 52.4 Å². The van der Waals surface area contributed by atoms with Crippen LogP contribution < -0.4 is 0 Å². The molecule has 29 heavy (non-hydrogen) atoms. The molecule has 0 saturated carbocycles. The first-order chi connectivity index (χ1) is 13.4. The van der Waals surface area contributed by atoms with Crippen LogP contribution in [0.4, 0.5) is 0 Å². The Labute approximate surface area is 180 Å². The number of benzene rings is 1. The zero-order valence-corrected chi connectivity index (χ0v) is 19.4. The Morgan fingerprint density at radius 3 is 2.45 bits per heavy atom. The van der Waals surface area contributed by atoms with Crippen LogP contribution in [-0.2, 0) is 14.2 Å². The van der Waals surface area contributed by atoms with E-state index >= 15 is 0 Å². The fourth-order valence-corrected chi connectivity index (χ4v) is 4.14. The molecule has 3 unspecified atom stereocenters. The van der Waals surface area contributed by atoms with E-state index in [2.05, 4.69) is 25.1 Å². The summed E-state index contributed by atoms with van der Waals surface area (Å²) in [6, 6.07) is 6.31. The molecule has 1 aromatic rings. The molecule has 0 amide bonds. The van der Waals surface area contributed by atoms with E-state index < -0.39 is 24.0 Å². The minimum atomic E-state index is -0.825. The van der Waals surface area contributed by atoms with Gasteiger partial charge in [0.2, 0.25) is 0 Å². The molecule has 1 aromatic carbocycles. The topological polar surface area (TPSA) is 51.2 Å². The van der Waals surface area contributed by atoms with Crippen molar-refractivity contribution in [2.45, 2.75) is 89.6 Å². The maximum absolute atomic E-state index is 11.2. The monoisotopic (exact) mass is 421 g/mol. The second-order valence-corrected chi connectivity index (χ2v) is 10.4. The number of thiol groups is 1. The molecule has 2 aliphatic heterocycles. The molecule has 2 heterocycles. The summed E-state index contributed by atoms with van der Waals surface area (Å²) in [5, 5.41) is 10.9. The number of fused-ring (bicyclic) bond motifs is 1. The number of hydrogen-bond acceptors (Lipinski definition) is 6. The quantitative estimate of drug-likeness (QED) is 0.710. The molecule has 5 atom stereocenters. The van der Waals surface area contributed by atoms with Crippen LogP contribution in [0.3, 0.4) is 0 Å². The Balaban J connectivity index is 1.83. The predicted molar refractivity (Wildman–Crippen MR) is 119 cm³/mol. The average Bonchev–Trinajstić information content (AvgIpc) is 2.87. The first-order valence-corrected chi connectivity index (χ1v) is 10.8. The molecular formula is C23H35NO4S. The van der Waals surface area contributed by atoms with Crippen molar-refractivity contribution < 1.29 is 19.3 Å². The highest BCUT2D eigenvalue weighted by molar-refractivity contribution is 7.80. The number of hydrogen-bond donors (Lipinski definition) is 2. The van der Waals surface area contributed by atoms with Crippen molar-refractivity contribution in [3.8, 4) is 0 Å². The van der Waals surface area contributed by atoms with Crippen molar-refractivity contribution in [2.24, 2.45) is 0 Å². The zero-order chi connectivity index (χ0) is 21.6. The van der Waals surface area contributed by atoms with Crippen molar-refractivity contribution in [1.29, 1.82) is 0 Å². The molecule has 6 heteroatoms. The molecule has 0 aliphatic carbocycles. The third-order valence-corrected chi connectivity index (χ3v) is 5.55. The first-order valence-electron chi connectivity index (χ1n) is 10.3. The highest BCUT2D eigenvalue weighted by Gasteiger charge is 2.49. The molecule has 0 radical (unpaired) electrons. The van der Waals surface area contributed by atoms with Crippen molar-refractivity contribution in [3.63, 3.8) is 0 Å². The van der Waals surface area contributed by atoms with Gasteiger partial charge >= 0.3 is 0 Å². The van der Waals surface area contributed by atoms with Gasteiger partial charge in [-0.2, -0.15) is 0 Å². The van der Waals surface area contributed by atoms with Gasteiger partial charge in [0.05, 0.1) is 17.8 Å². The number of ether oxygens (including phenoxy) is 3. The van der Waals surface area contributed by atoms with Crippen molar-refractivity contribution in [3.05, 3.63) is 41.1 Å². The molecule has 1 N–H and O–H groups in total. The molecular weight excluding hydrogens is 386 g/mol. The minimum Gasteiger partial charge on any atom is -0.386 e. The van der Waals surface area contributed by atoms with E-state index in [1.807, 2.05) is 58.7 Å². The second kappa shape index (κ2) is 8.23. The third kappa shape index (κ3) is 5.36. The Hall–Kier alpha value is -1.05. The summed E-state index contributed by atoms with van der Waals surface area (Å²) in [7, 11) is 0. The van der Waals surface area contributed by atoms with Crippen LogP contribution in [0, 0.1) is 6.92 Å². The van der Waals surface area contributed by atoms with E-state index in [4.69, 9.17) is 26.8 Å². The highest BCUT2D eigenvalue weighted by atomic mass is 32.1. The molecule has 0 bridgehead atoms. The number of aliphatic hydroxyl groups is 1. The van der Waals surface area contributed by atoms with E-state index in [0.29, 0.717) is 6.61 Å². The molecule has 1 fully saturated rings.